The quantitative estimate of drug-likeness (QED) is 0.818. The molecule has 0 fully saturated rings. The second kappa shape index (κ2) is 6.53. The van der Waals surface area contributed by atoms with Gasteiger partial charge in [-0.05, 0) is 24.6 Å². The van der Waals surface area contributed by atoms with Gasteiger partial charge in [0.15, 0.2) is 0 Å². The standard InChI is InChI=1S/C10H8.C4H9NO2/c1-2-6-10-8-4-3-7-9(10)5-1;1-3(2)7-4(5)6/h1-8H;3H,1-2H3,(H2,5,6). The van der Waals surface area contributed by atoms with E-state index >= 15 is 0 Å². The summed E-state index contributed by atoms with van der Waals surface area (Å²) in [6.45, 7) is 3.48. The van der Waals surface area contributed by atoms with Gasteiger partial charge in [-0.3, -0.25) is 0 Å². The van der Waals surface area contributed by atoms with Crippen LogP contribution in [0.2, 0.25) is 0 Å². The molecule has 90 valence electrons. The van der Waals surface area contributed by atoms with E-state index in [0.29, 0.717) is 0 Å². The molecule has 2 N–H and O–H groups in total. The maximum atomic E-state index is 9.81. The molecular weight excluding hydrogens is 214 g/mol. The van der Waals surface area contributed by atoms with Crippen LogP contribution in [0.15, 0.2) is 48.5 Å². The summed E-state index contributed by atoms with van der Waals surface area (Å²) in [5, 5.41) is 2.62. The van der Waals surface area contributed by atoms with Crippen molar-refractivity contribution < 1.29 is 9.53 Å². The Morgan fingerprint density at radius 3 is 1.53 bits per heavy atom. The summed E-state index contributed by atoms with van der Waals surface area (Å²) in [5.41, 5.74) is 4.63. The number of carbonyl (C=O) groups is 1. The second-order valence-electron chi connectivity index (χ2n) is 3.83. The number of ether oxygens (including phenoxy) is 1. The lowest BCUT2D eigenvalue weighted by atomic mass is 10.1. The van der Waals surface area contributed by atoms with E-state index in [9.17, 15) is 4.79 Å². The average Bonchev–Trinajstić information content (AvgIpc) is 2.28. The van der Waals surface area contributed by atoms with E-state index in [4.69, 9.17) is 0 Å². The van der Waals surface area contributed by atoms with E-state index in [2.05, 4.69) is 59.0 Å². The number of primary amides is 1. The van der Waals surface area contributed by atoms with Crippen molar-refractivity contribution in [1.82, 2.24) is 0 Å². The fourth-order valence-electron chi connectivity index (χ4n) is 1.37. The minimum absolute atomic E-state index is 0.0995. The fraction of sp³-hybridized carbons (Fsp3) is 0.214. The molecule has 0 bridgehead atoms. The molecule has 0 unspecified atom stereocenters. The molecule has 0 radical (unpaired) electrons. The number of benzene rings is 2. The summed E-state index contributed by atoms with van der Waals surface area (Å²) < 4.78 is 4.39. The van der Waals surface area contributed by atoms with Gasteiger partial charge in [-0.2, -0.15) is 0 Å². The van der Waals surface area contributed by atoms with E-state index in [1.165, 1.54) is 10.8 Å². The maximum Gasteiger partial charge on any atom is 0.404 e. The van der Waals surface area contributed by atoms with Gasteiger partial charge in [-0.15, -0.1) is 0 Å². The van der Waals surface area contributed by atoms with E-state index in [-0.39, 0.29) is 6.10 Å². The molecular formula is C14H17NO2. The van der Waals surface area contributed by atoms with Crippen molar-refractivity contribution in [3.05, 3.63) is 48.5 Å². The van der Waals surface area contributed by atoms with Gasteiger partial charge >= 0.3 is 6.09 Å². The number of fused-ring (bicyclic) bond motifs is 1. The Hall–Kier alpha value is -2.03. The van der Waals surface area contributed by atoms with Gasteiger partial charge in [0.25, 0.3) is 0 Å². The van der Waals surface area contributed by atoms with E-state index in [1.54, 1.807) is 13.8 Å². The summed E-state index contributed by atoms with van der Waals surface area (Å²) in [6, 6.07) is 16.7. The molecule has 2 aromatic carbocycles. The van der Waals surface area contributed by atoms with Gasteiger partial charge < -0.3 is 10.5 Å². The predicted molar refractivity (Wildman–Crippen MR) is 69.8 cm³/mol. The summed E-state index contributed by atoms with van der Waals surface area (Å²) in [5.74, 6) is 0. The molecule has 0 saturated carbocycles. The Morgan fingerprint density at radius 2 is 1.35 bits per heavy atom. The van der Waals surface area contributed by atoms with Gasteiger partial charge in [0.1, 0.15) is 0 Å². The molecule has 0 aliphatic rings. The Kier molecular flexibility index (Phi) is 5.01. The normalized spacial score (nSPS) is 9.59. The highest BCUT2D eigenvalue weighted by Gasteiger charge is 1.94. The molecule has 2 aromatic rings. The predicted octanol–water partition coefficient (Wildman–Crippen LogP) is 3.33. The molecule has 1 amide bonds. The van der Waals surface area contributed by atoms with Crippen molar-refractivity contribution >= 4 is 16.9 Å². The number of carbonyl (C=O) groups excluding carboxylic acids is 1. The number of hydrogen-bond donors (Lipinski definition) is 1. The van der Waals surface area contributed by atoms with Crippen LogP contribution >= 0.6 is 0 Å². The zero-order valence-electron chi connectivity index (χ0n) is 10.1. The van der Waals surface area contributed by atoms with Crippen LogP contribution in [0.1, 0.15) is 13.8 Å². The van der Waals surface area contributed by atoms with Gasteiger partial charge in [0.2, 0.25) is 0 Å². The molecule has 2 rings (SSSR count). The van der Waals surface area contributed by atoms with E-state index in [1.807, 2.05) is 0 Å². The molecule has 0 spiro atoms. The fourth-order valence-corrected chi connectivity index (χ4v) is 1.37. The summed E-state index contributed by atoms with van der Waals surface area (Å²) >= 11 is 0. The van der Waals surface area contributed by atoms with Crippen LogP contribution in [0, 0.1) is 0 Å². The molecule has 17 heavy (non-hydrogen) atoms. The number of rotatable bonds is 1. The Morgan fingerprint density at radius 1 is 1.00 bits per heavy atom. The minimum Gasteiger partial charge on any atom is -0.447 e. The van der Waals surface area contributed by atoms with Crippen LogP contribution in [-0.4, -0.2) is 12.2 Å². The number of hydrogen-bond acceptors (Lipinski definition) is 2. The van der Waals surface area contributed by atoms with Crippen LogP contribution in [0.25, 0.3) is 10.8 Å². The monoisotopic (exact) mass is 231 g/mol. The smallest absolute Gasteiger partial charge is 0.404 e. The molecule has 0 atom stereocenters. The molecule has 0 aromatic heterocycles. The van der Waals surface area contributed by atoms with E-state index in [0.717, 1.165) is 0 Å². The SMILES string of the molecule is CC(C)OC(N)=O.c1ccc2ccccc2c1. The Balaban J connectivity index is 0.000000185. The van der Waals surface area contributed by atoms with Crippen molar-refractivity contribution in [1.29, 1.82) is 0 Å². The van der Waals surface area contributed by atoms with Crippen molar-refractivity contribution in [2.75, 3.05) is 0 Å². The number of nitrogens with two attached hydrogens (primary N) is 1. The summed E-state index contributed by atoms with van der Waals surface area (Å²) in [7, 11) is 0. The molecule has 0 aliphatic carbocycles. The van der Waals surface area contributed by atoms with Crippen LogP contribution in [-0.2, 0) is 4.74 Å². The first-order valence-corrected chi connectivity index (χ1v) is 5.49. The minimum atomic E-state index is -0.713. The van der Waals surface area contributed by atoms with Crippen molar-refractivity contribution in [3.63, 3.8) is 0 Å². The molecule has 0 saturated heterocycles. The molecule has 0 aliphatic heterocycles. The van der Waals surface area contributed by atoms with Crippen LogP contribution < -0.4 is 5.73 Å². The van der Waals surface area contributed by atoms with Gasteiger partial charge in [0.05, 0.1) is 6.10 Å². The highest BCUT2D eigenvalue weighted by molar-refractivity contribution is 5.81. The van der Waals surface area contributed by atoms with E-state index < -0.39 is 6.09 Å². The zero-order chi connectivity index (χ0) is 12.7. The highest BCUT2D eigenvalue weighted by Crippen LogP contribution is 2.11. The van der Waals surface area contributed by atoms with Crippen LogP contribution in [0.3, 0.4) is 0 Å². The third-order valence-corrected chi connectivity index (χ3v) is 2.01. The van der Waals surface area contributed by atoms with Gasteiger partial charge in [0, 0.05) is 0 Å². The van der Waals surface area contributed by atoms with Crippen molar-refractivity contribution in [2.24, 2.45) is 5.73 Å². The van der Waals surface area contributed by atoms with Gasteiger partial charge in [-0.1, -0.05) is 48.5 Å². The van der Waals surface area contributed by atoms with Crippen molar-refractivity contribution in [2.45, 2.75) is 20.0 Å². The zero-order valence-corrected chi connectivity index (χ0v) is 10.1. The topological polar surface area (TPSA) is 52.3 Å². The van der Waals surface area contributed by atoms with Crippen LogP contribution in [0.5, 0.6) is 0 Å². The maximum absolute atomic E-state index is 9.81. The average molecular weight is 231 g/mol. The highest BCUT2D eigenvalue weighted by atomic mass is 16.6. The third-order valence-electron chi connectivity index (χ3n) is 2.01. The molecule has 3 nitrogen and oxygen atoms in total. The first kappa shape index (κ1) is 13.0. The lowest BCUT2D eigenvalue weighted by Crippen LogP contribution is -2.17. The molecule has 3 heteroatoms. The second-order valence-corrected chi connectivity index (χ2v) is 3.83. The number of amides is 1. The third kappa shape index (κ3) is 5.02. The Labute approximate surface area is 101 Å². The Bertz CT molecular complexity index is 415. The summed E-state index contributed by atoms with van der Waals surface area (Å²) in [6.07, 6.45) is -0.813. The first-order chi connectivity index (χ1) is 8.09. The first-order valence-electron chi connectivity index (χ1n) is 5.49. The van der Waals surface area contributed by atoms with Gasteiger partial charge in [-0.25, -0.2) is 4.79 Å². The lowest BCUT2D eigenvalue weighted by molar-refractivity contribution is 0.125. The van der Waals surface area contributed by atoms with Crippen molar-refractivity contribution in [3.8, 4) is 0 Å². The largest absolute Gasteiger partial charge is 0.447 e. The molecule has 0 heterocycles. The summed E-state index contributed by atoms with van der Waals surface area (Å²) in [4.78, 5) is 9.81. The van der Waals surface area contributed by atoms with Crippen LogP contribution in [0.4, 0.5) is 4.79 Å². The lowest BCUT2D eigenvalue weighted by Gasteiger charge is -2.01.